The molecule has 0 heterocycles. The van der Waals surface area contributed by atoms with E-state index < -0.39 is 22.5 Å². The van der Waals surface area contributed by atoms with Crippen molar-refractivity contribution in [2.45, 2.75) is 17.9 Å². The lowest BCUT2D eigenvalue weighted by molar-refractivity contribution is 0.1000. The number of amides is 1. The summed E-state index contributed by atoms with van der Waals surface area (Å²) in [5.74, 6) is -1.10. The molecule has 6 heteroatoms. The van der Waals surface area contributed by atoms with Crippen molar-refractivity contribution in [3.8, 4) is 0 Å². The van der Waals surface area contributed by atoms with E-state index in [1.807, 2.05) is 0 Å². The summed E-state index contributed by atoms with van der Waals surface area (Å²) in [5, 5.41) is -0.216. The molecule has 4 N–H and O–H groups in total. The first-order valence-electron chi connectivity index (χ1n) is 5.11. The normalized spacial score (nSPS) is 14.3. The number of primary amides is 1. The van der Waals surface area contributed by atoms with Gasteiger partial charge in [0.25, 0.3) is 0 Å². The molecule has 0 aliphatic carbocycles. The second kappa shape index (κ2) is 5.88. The van der Waals surface area contributed by atoms with Crippen LogP contribution in [0.15, 0.2) is 18.2 Å². The summed E-state index contributed by atoms with van der Waals surface area (Å²) < 4.78 is 25.2. The van der Waals surface area contributed by atoms with Crippen molar-refractivity contribution >= 4 is 16.7 Å². The van der Waals surface area contributed by atoms with Crippen LogP contribution < -0.4 is 11.5 Å². The summed E-state index contributed by atoms with van der Waals surface area (Å²) in [7, 11) is -1.26. The highest BCUT2D eigenvalue weighted by Crippen LogP contribution is 2.14. The van der Waals surface area contributed by atoms with Gasteiger partial charge < -0.3 is 11.5 Å². The van der Waals surface area contributed by atoms with Gasteiger partial charge in [0.2, 0.25) is 5.91 Å². The minimum absolute atomic E-state index is 0.0331. The molecule has 0 fully saturated rings. The number of rotatable bonds is 5. The lowest BCUT2D eigenvalue weighted by Gasteiger charge is -2.09. The topological polar surface area (TPSA) is 86.2 Å². The molecule has 0 aliphatic rings. The molecule has 0 bridgehead atoms. The number of carbonyl (C=O) groups excluding carboxylic acids is 1. The zero-order chi connectivity index (χ0) is 13.0. The molecule has 0 saturated heterocycles. The number of halogens is 1. The summed E-state index contributed by atoms with van der Waals surface area (Å²) in [6.45, 7) is 2.00. The third-order valence-electron chi connectivity index (χ3n) is 2.41. The van der Waals surface area contributed by atoms with Crippen molar-refractivity contribution in [2.75, 3.05) is 6.54 Å². The Morgan fingerprint density at radius 3 is 2.71 bits per heavy atom. The highest BCUT2D eigenvalue weighted by atomic mass is 32.2. The van der Waals surface area contributed by atoms with Crippen molar-refractivity contribution in [1.29, 1.82) is 0 Å². The standard InChI is InChI=1S/C11H15FN2O2S/c1-7(5-13)17(16)6-9-4-8(11(14)15)2-3-10(9)12/h2-4,7H,5-6,13H2,1H3,(H2,14,15). The molecule has 0 spiro atoms. The lowest BCUT2D eigenvalue weighted by Crippen LogP contribution is -2.23. The predicted octanol–water partition coefficient (Wildman–Crippen LogP) is 0.521. The van der Waals surface area contributed by atoms with Crippen LogP contribution in [-0.2, 0) is 16.6 Å². The molecule has 0 aromatic heterocycles. The number of hydrogen-bond acceptors (Lipinski definition) is 3. The van der Waals surface area contributed by atoms with Gasteiger partial charge in [-0.2, -0.15) is 0 Å². The van der Waals surface area contributed by atoms with Gasteiger partial charge in [-0.1, -0.05) is 0 Å². The van der Waals surface area contributed by atoms with E-state index >= 15 is 0 Å². The van der Waals surface area contributed by atoms with Gasteiger partial charge in [-0.15, -0.1) is 0 Å². The Bertz CT molecular complexity index is 451. The molecule has 2 unspecified atom stereocenters. The Balaban J connectivity index is 2.94. The molecule has 1 rings (SSSR count). The first-order valence-corrected chi connectivity index (χ1v) is 6.49. The number of nitrogens with two attached hydrogens (primary N) is 2. The zero-order valence-corrected chi connectivity index (χ0v) is 10.3. The van der Waals surface area contributed by atoms with Crippen LogP contribution in [-0.4, -0.2) is 21.9 Å². The quantitative estimate of drug-likeness (QED) is 0.807. The Kier molecular flexibility index (Phi) is 4.77. The van der Waals surface area contributed by atoms with E-state index in [1.54, 1.807) is 6.92 Å². The fraction of sp³-hybridized carbons (Fsp3) is 0.364. The molecule has 4 nitrogen and oxygen atoms in total. The lowest BCUT2D eigenvalue weighted by atomic mass is 10.1. The summed E-state index contributed by atoms with van der Waals surface area (Å²) >= 11 is 0. The summed E-state index contributed by atoms with van der Waals surface area (Å²) in [6.07, 6.45) is 0. The Labute approximate surface area is 102 Å². The van der Waals surface area contributed by atoms with Gasteiger partial charge in [0.15, 0.2) is 0 Å². The Morgan fingerprint density at radius 2 is 2.18 bits per heavy atom. The van der Waals surface area contributed by atoms with E-state index in [4.69, 9.17) is 11.5 Å². The van der Waals surface area contributed by atoms with Crippen LogP contribution in [0.2, 0.25) is 0 Å². The van der Waals surface area contributed by atoms with Crippen LogP contribution in [0, 0.1) is 5.82 Å². The minimum atomic E-state index is -1.26. The molecular formula is C11H15FN2O2S. The second-order valence-corrected chi connectivity index (χ2v) is 5.60. The van der Waals surface area contributed by atoms with Gasteiger partial charge in [-0.3, -0.25) is 9.00 Å². The van der Waals surface area contributed by atoms with E-state index in [0.29, 0.717) is 0 Å². The fourth-order valence-electron chi connectivity index (χ4n) is 1.24. The molecule has 1 aromatic carbocycles. The average Bonchev–Trinajstić information content (AvgIpc) is 2.30. The maximum Gasteiger partial charge on any atom is 0.248 e. The molecule has 0 aliphatic heterocycles. The smallest absolute Gasteiger partial charge is 0.248 e. The second-order valence-electron chi connectivity index (χ2n) is 3.74. The van der Waals surface area contributed by atoms with Gasteiger partial charge in [0.1, 0.15) is 5.82 Å². The summed E-state index contributed by atoms with van der Waals surface area (Å²) in [5.41, 5.74) is 10.9. The van der Waals surface area contributed by atoms with Crippen molar-refractivity contribution in [3.63, 3.8) is 0 Å². The third kappa shape index (κ3) is 3.61. The first kappa shape index (κ1) is 13.8. The largest absolute Gasteiger partial charge is 0.366 e. The predicted molar refractivity (Wildman–Crippen MR) is 65.3 cm³/mol. The molecule has 2 atom stereocenters. The number of hydrogen-bond donors (Lipinski definition) is 2. The molecule has 0 radical (unpaired) electrons. The summed E-state index contributed by atoms with van der Waals surface area (Å²) in [6, 6.07) is 3.79. The average molecular weight is 258 g/mol. The van der Waals surface area contributed by atoms with Gasteiger partial charge in [-0.05, 0) is 25.1 Å². The van der Waals surface area contributed by atoms with E-state index in [1.165, 1.54) is 12.1 Å². The van der Waals surface area contributed by atoms with Gasteiger partial charge in [-0.25, -0.2) is 4.39 Å². The minimum Gasteiger partial charge on any atom is -0.366 e. The third-order valence-corrected chi connectivity index (χ3v) is 4.09. The van der Waals surface area contributed by atoms with Crippen LogP contribution in [0.4, 0.5) is 4.39 Å². The molecular weight excluding hydrogens is 243 g/mol. The van der Waals surface area contributed by atoms with Crippen LogP contribution in [0.3, 0.4) is 0 Å². The van der Waals surface area contributed by atoms with Gasteiger partial charge >= 0.3 is 0 Å². The van der Waals surface area contributed by atoms with E-state index in [2.05, 4.69) is 0 Å². The van der Waals surface area contributed by atoms with E-state index in [0.717, 1.165) is 6.07 Å². The molecule has 94 valence electrons. The highest BCUT2D eigenvalue weighted by Gasteiger charge is 2.14. The molecule has 1 amide bonds. The molecule has 1 aromatic rings. The van der Waals surface area contributed by atoms with Crippen LogP contribution in [0.1, 0.15) is 22.8 Å². The van der Waals surface area contributed by atoms with Crippen molar-refractivity contribution in [3.05, 3.63) is 35.1 Å². The monoisotopic (exact) mass is 258 g/mol. The van der Waals surface area contributed by atoms with Crippen LogP contribution in [0.5, 0.6) is 0 Å². The summed E-state index contributed by atoms with van der Waals surface area (Å²) in [4.78, 5) is 10.9. The van der Waals surface area contributed by atoms with Gasteiger partial charge in [0.05, 0.1) is 5.75 Å². The van der Waals surface area contributed by atoms with E-state index in [-0.39, 0.29) is 28.7 Å². The van der Waals surface area contributed by atoms with Crippen molar-refractivity contribution in [1.82, 2.24) is 0 Å². The first-order chi connectivity index (χ1) is 7.95. The fourth-order valence-corrected chi connectivity index (χ4v) is 2.27. The Hall–Kier alpha value is -1.27. The van der Waals surface area contributed by atoms with Crippen LogP contribution >= 0.6 is 0 Å². The van der Waals surface area contributed by atoms with Crippen molar-refractivity contribution in [2.24, 2.45) is 11.5 Å². The Morgan fingerprint density at radius 1 is 1.53 bits per heavy atom. The molecule has 0 saturated carbocycles. The number of benzene rings is 1. The maximum absolute atomic E-state index is 13.4. The highest BCUT2D eigenvalue weighted by molar-refractivity contribution is 7.84. The SMILES string of the molecule is CC(CN)S(=O)Cc1cc(C(N)=O)ccc1F. The van der Waals surface area contributed by atoms with Crippen molar-refractivity contribution < 1.29 is 13.4 Å². The number of carbonyl (C=O) groups is 1. The molecule has 17 heavy (non-hydrogen) atoms. The zero-order valence-electron chi connectivity index (χ0n) is 9.48. The van der Waals surface area contributed by atoms with Gasteiger partial charge in [0, 0.05) is 33.7 Å². The maximum atomic E-state index is 13.4. The van der Waals surface area contributed by atoms with Crippen LogP contribution in [0.25, 0.3) is 0 Å². The van der Waals surface area contributed by atoms with E-state index in [9.17, 15) is 13.4 Å².